The number of rotatable bonds is 4. The van der Waals surface area contributed by atoms with E-state index in [-0.39, 0.29) is 6.04 Å². The molecule has 16 heavy (non-hydrogen) atoms. The van der Waals surface area contributed by atoms with Gasteiger partial charge in [-0.3, -0.25) is 0 Å². The lowest BCUT2D eigenvalue weighted by Crippen LogP contribution is -2.19. The van der Waals surface area contributed by atoms with E-state index in [2.05, 4.69) is 32.9 Å². The number of nitrogens with two attached hydrogens (primary N) is 1. The molecule has 2 nitrogen and oxygen atoms in total. The first kappa shape index (κ1) is 13.0. The molecular weight excluding hydrogens is 198 g/mol. The van der Waals surface area contributed by atoms with Gasteiger partial charge in [0, 0.05) is 6.04 Å². The van der Waals surface area contributed by atoms with Crippen LogP contribution in [0.3, 0.4) is 0 Å². The molecule has 0 spiro atoms. The molecule has 0 aliphatic heterocycles. The second-order valence-corrected chi connectivity index (χ2v) is 4.86. The van der Waals surface area contributed by atoms with Gasteiger partial charge >= 0.3 is 0 Å². The van der Waals surface area contributed by atoms with Crippen LogP contribution in [0.4, 0.5) is 0 Å². The maximum Gasteiger partial charge on any atom is 0.122 e. The Bertz CT molecular complexity index is 356. The Labute approximate surface area is 98.8 Å². The Hall–Kier alpha value is -1.02. The molecule has 0 aliphatic rings. The molecule has 1 rings (SSSR count). The molecule has 2 heteroatoms. The summed E-state index contributed by atoms with van der Waals surface area (Å²) in [5, 5.41) is 0. The molecule has 0 saturated carbocycles. The van der Waals surface area contributed by atoms with Crippen LogP contribution in [0.25, 0.3) is 0 Å². The molecule has 1 unspecified atom stereocenters. The van der Waals surface area contributed by atoms with E-state index in [1.54, 1.807) is 7.11 Å². The molecule has 0 aromatic heterocycles. The van der Waals surface area contributed by atoms with Gasteiger partial charge in [0.1, 0.15) is 5.75 Å². The molecule has 0 fully saturated rings. The van der Waals surface area contributed by atoms with Crippen molar-refractivity contribution in [2.24, 2.45) is 5.73 Å². The summed E-state index contributed by atoms with van der Waals surface area (Å²) in [7, 11) is 1.72. The van der Waals surface area contributed by atoms with Gasteiger partial charge in [0.15, 0.2) is 0 Å². The quantitative estimate of drug-likeness (QED) is 0.848. The second kappa shape index (κ2) is 5.35. The molecule has 2 N–H and O–H groups in total. The van der Waals surface area contributed by atoms with Gasteiger partial charge in [0.05, 0.1) is 7.11 Å². The predicted molar refractivity (Wildman–Crippen MR) is 69.2 cm³/mol. The number of ether oxygens (including phenoxy) is 1. The number of hydrogen-bond acceptors (Lipinski definition) is 2. The summed E-state index contributed by atoms with van der Waals surface area (Å²) in [5.74, 6) is 1.47. The Morgan fingerprint density at radius 3 is 2.31 bits per heavy atom. The van der Waals surface area contributed by atoms with Crippen LogP contribution < -0.4 is 10.5 Å². The van der Waals surface area contributed by atoms with Gasteiger partial charge in [-0.2, -0.15) is 0 Å². The molecule has 90 valence electrons. The Balaban J connectivity index is 3.19. The number of methoxy groups -OCH3 is 1. The van der Waals surface area contributed by atoms with Crippen molar-refractivity contribution in [3.05, 3.63) is 28.8 Å². The highest BCUT2D eigenvalue weighted by atomic mass is 16.5. The van der Waals surface area contributed by atoms with Crippen molar-refractivity contribution in [1.82, 2.24) is 0 Å². The normalized spacial score (nSPS) is 12.9. The van der Waals surface area contributed by atoms with Gasteiger partial charge < -0.3 is 10.5 Å². The van der Waals surface area contributed by atoms with Crippen molar-refractivity contribution in [2.45, 2.75) is 46.1 Å². The van der Waals surface area contributed by atoms with Gasteiger partial charge in [0.2, 0.25) is 0 Å². The smallest absolute Gasteiger partial charge is 0.122 e. The van der Waals surface area contributed by atoms with Gasteiger partial charge in [-0.25, -0.2) is 0 Å². The fourth-order valence-corrected chi connectivity index (χ4v) is 2.04. The lowest BCUT2D eigenvalue weighted by Gasteiger charge is -2.17. The summed E-state index contributed by atoms with van der Waals surface area (Å²) >= 11 is 0. The monoisotopic (exact) mass is 221 g/mol. The summed E-state index contributed by atoms with van der Waals surface area (Å²) < 4.78 is 5.36. The minimum atomic E-state index is 0.199. The number of aryl methyl sites for hydroxylation is 1. The third-order valence-electron chi connectivity index (χ3n) is 2.82. The van der Waals surface area contributed by atoms with Crippen LogP contribution in [-0.2, 0) is 6.42 Å². The molecule has 0 amide bonds. The number of hydrogen-bond donors (Lipinski definition) is 1. The highest BCUT2D eigenvalue weighted by Gasteiger charge is 2.12. The van der Waals surface area contributed by atoms with Crippen LogP contribution in [0.5, 0.6) is 5.75 Å². The molecule has 1 atom stereocenters. The summed E-state index contributed by atoms with van der Waals surface area (Å²) in [6.07, 6.45) is 0.929. The van der Waals surface area contributed by atoms with Crippen molar-refractivity contribution in [3.63, 3.8) is 0 Å². The Kier molecular flexibility index (Phi) is 4.36. The lowest BCUT2D eigenvalue weighted by atomic mass is 9.91. The third kappa shape index (κ3) is 2.99. The maximum atomic E-state index is 5.88. The van der Waals surface area contributed by atoms with Gasteiger partial charge in [-0.1, -0.05) is 19.9 Å². The van der Waals surface area contributed by atoms with Crippen LogP contribution in [-0.4, -0.2) is 13.2 Å². The van der Waals surface area contributed by atoms with E-state index in [9.17, 15) is 0 Å². The summed E-state index contributed by atoms with van der Waals surface area (Å²) in [4.78, 5) is 0. The average Bonchev–Trinajstić information content (AvgIpc) is 2.16. The van der Waals surface area contributed by atoms with E-state index in [1.165, 1.54) is 16.7 Å². The minimum absolute atomic E-state index is 0.199. The molecule has 0 saturated heterocycles. The second-order valence-electron chi connectivity index (χ2n) is 4.86. The molecule has 1 aromatic rings. The molecule has 1 aromatic carbocycles. The summed E-state index contributed by atoms with van der Waals surface area (Å²) in [6.45, 7) is 8.53. The highest BCUT2D eigenvalue weighted by molar-refractivity contribution is 5.43. The average molecular weight is 221 g/mol. The van der Waals surface area contributed by atoms with Crippen LogP contribution >= 0.6 is 0 Å². The topological polar surface area (TPSA) is 35.2 Å². The zero-order chi connectivity index (χ0) is 12.3. The van der Waals surface area contributed by atoms with E-state index in [0.717, 1.165) is 12.2 Å². The van der Waals surface area contributed by atoms with Crippen molar-refractivity contribution in [3.8, 4) is 5.75 Å². The van der Waals surface area contributed by atoms with Crippen LogP contribution in [0.15, 0.2) is 12.1 Å². The molecule has 0 radical (unpaired) electrons. The van der Waals surface area contributed by atoms with E-state index in [1.807, 2.05) is 6.92 Å². The molecule has 0 aliphatic carbocycles. The van der Waals surface area contributed by atoms with E-state index >= 15 is 0 Å². The minimum Gasteiger partial charge on any atom is -0.496 e. The van der Waals surface area contributed by atoms with Crippen molar-refractivity contribution in [2.75, 3.05) is 7.11 Å². The fourth-order valence-electron chi connectivity index (χ4n) is 2.04. The fraction of sp³-hybridized carbons (Fsp3) is 0.571. The number of benzene rings is 1. The lowest BCUT2D eigenvalue weighted by molar-refractivity contribution is 0.410. The standard InChI is InChI=1S/C14H23NO/c1-9(2)13-8-14(16-5)10(3)6-12(13)7-11(4)15/h6,8-9,11H,7,15H2,1-5H3. The van der Waals surface area contributed by atoms with E-state index in [0.29, 0.717) is 5.92 Å². The zero-order valence-electron chi connectivity index (χ0n) is 11.0. The zero-order valence-corrected chi connectivity index (χ0v) is 11.0. The van der Waals surface area contributed by atoms with E-state index < -0.39 is 0 Å². The van der Waals surface area contributed by atoms with E-state index in [4.69, 9.17) is 10.5 Å². The first-order valence-corrected chi connectivity index (χ1v) is 5.88. The van der Waals surface area contributed by atoms with Crippen molar-refractivity contribution < 1.29 is 4.74 Å². The molecular formula is C14H23NO. The van der Waals surface area contributed by atoms with Crippen molar-refractivity contribution >= 4 is 0 Å². The maximum absolute atomic E-state index is 5.88. The summed E-state index contributed by atoms with van der Waals surface area (Å²) in [5.41, 5.74) is 9.76. The first-order chi connectivity index (χ1) is 7.45. The van der Waals surface area contributed by atoms with Gasteiger partial charge in [0.25, 0.3) is 0 Å². The SMILES string of the molecule is COc1cc(C(C)C)c(CC(C)N)cc1C. The first-order valence-electron chi connectivity index (χ1n) is 5.88. The van der Waals surface area contributed by atoms with Crippen LogP contribution in [0.1, 0.15) is 43.4 Å². The van der Waals surface area contributed by atoms with Crippen molar-refractivity contribution in [1.29, 1.82) is 0 Å². The molecule has 0 heterocycles. The molecule has 0 bridgehead atoms. The van der Waals surface area contributed by atoms with Crippen LogP contribution in [0.2, 0.25) is 0 Å². The summed E-state index contributed by atoms with van der Waals surface area (Å²) in [6, 6.07) is 4.56. The highest BCUT2D eigenvalue weighted by Crippen LogP contribution is 2.28. The van der Waals surface area contributed by atoms with Crippen LogP contribution in [0, 0.1) is 6.92 Å². The third-order valence-corrected chi connectivity index (χ3v) is 2.82. The predicted octanol–water partition coefficient (Wildman–Crippen LogP) is 3.02. The largest absolute Gasteiger partial charge is 0.496 e. The Morgan fingerprint density at radius 2 is 1.88 bits per heavy atom. The van der Waals surface area contributed by atoms with Gasteiger partial charge in [-0.05, 0) is 48.9 Å². The Morgan fingerprint density at radius 1 is 1.25 bits per heavy atom. The van der Waals surface area contributed by atoms with Gasteiger partial charge in [-0.15, -0.1) is 0 Å².